The van der Waals surface area contributed by atoms with Crippen molar-refractivity contribution < 1.29 is 0 Å². The molecular weight excluding hydrogens is 344 g/mol. The lowest BCUT2D eigenvalue weighted by Gasteiger charge is -2.36. The van der Waals surface area contributed by atoms with E-state index in [1.807, 2.05) is 16.4 Å². The second kappa shape index (κ2) is 9.02. The second-order valence-electron chi connectivity index (χ2n) is 9.55. The smallest absolute Gasteiger partial charge is 0.168 e. The van der Waals surface area contributed by atoms with Crippen molar-refractivity contribution in [1.82, 2.24) is 25.5 Å². The molecule has 3 unspecified atom stereocenters. The topological polar surface area (TPSA) is 81.7 Å². The highest BCUT2D eigenvalue weighted by Crippen LogP contribution is 2.34. The molecule has 0 spiro atoms. The van der Waals surface area contributed by atoms with Gasteiger partial charge < -0.3 is 11.1 Å². The summed E-state index contributed by atoms with van der Waals surface area (Å²) in [5.41, 5.74) is 6.47. The molecule has 26 heavy (non-hydrogen) atoms. The normalized spacial score (nSPS) is 23.2. The maximum Gasteiger partial charge on any atom is 0.168 e. The van der Waals surface area contributed by atoms with Crippen LogP contribution in [0.25, 0.3) is 0 Å². The van der Waals surface area contributed by atoms with Gasteiger partial charge in [0.1, 0.15) is 0 Å². The number of hydrogen-bond donors (Lipinski definition) is 2. The Morgan fingerprint density at radius 1 is 1.23 bits per heavy atom. The Kier molecular flexibility index (Phi) is 7.51. The number of rotatable bonds is 8. The zero-order chi connectivity index (χ0) is 19.4. The summed E-state index contributed by atoms with van der Waals surface area (Å²) in [6.45, 7) is 11.3. The molecule has 1 aromatic heterocycles. The summed E-state index contributed by atoms with van der Waals surface area (Å²) in [5.74, 6) is 2.03. The van der Waals surface area contributed by atoms with E-state index >= 15 is 0 Å². The predicted octanol–water partition coefficient (Wildman–Crippen LogP) is 3.50. The van der Waals surface area contributed by atoms with Gasteiger partial charge in [-0.25, -0.2) is 4.68 Å². The molecule has 3 N–H and O–H groups in total. The van der Waals surface area contributed by atoms with Crippen LogP contribution in [0.5, 0.6) is 0 Å². The molecule has 0 radical (unpaired) electrons. The van der Waals surface area contributed by atoms with Crippen molar-refractivity contribution in [3.05, 3.63) is 5.82 Å². The molecular formula is C19H38N6S. The minimum atomic E-state index is -0.134. The largest absolute Gasteiger partial charge is 0.326 e. The van der Waals surface area contributed by atoms with E-state index in [9.17, 15) is 0 Å². The third kappa shape index (κ3) is 5.92. The summed E-state index contributed by atoms with van der Waals surface area (Å²) < 4.78 is 2.05. The summed E-state index contributed by atoms with van der Waals surface area (Å²) in [5, 5.41) is 16.7. The Morgan fingerprint density at radius 2 is 1.92 bits per heavy atom. The molecule has 0 saturated heterocycles. The minimum Gasteiger partial charge on any atom is -0.326 e. The maximum absolute atomic E-state index is 6.39. The van der Waals surface area contributed by atoms with Crippen molar-refractivity contribution in [2.24, 2.45) is 11.1 Å². The van der Waals surface area contributed by atoms with Crippen LogP contribution in [0.1, 0.15) is 85.0 Å². The molecule has 0 amide bonds. The molecule has 1 aromatic rings. The minimum absolute atomic E-state index is 0.134. The third-order valence-electron chi connectivity index (χ3n) is 5.19. The number of nitrogens with two attached hydrogens (primary N) is 1. The van der Waals surface area contributed by atoms with Gasteiger partial charge in [-0.15, -0.1) is 5.10 Å². The van der Waals surface area contributed by atoms with Gasteiger partial charge >= 0.3 is 0 Å². The monoisotopic (exact) mass is 382 g/mol. The number of hydrogen-bond acceptors (Lipinski definition) is 6. The van der Waals surface area contributed by atoms with E-state index in [2.05, 4.69) is 61.7 Å². The zero-order valence-corrected chi connectivity index (χ0v) is 18.3. The first-order valence-corrected chi connectivity index (χ1v) is 11.3. The standard InChI is InChI=1S/C19H38N6S/c1-18(2,3)13-19(4,5)25-17(22-23-24-25)16(11-12-26-6)21-15-10-8-7-9-14(15)20/h14-16,21H,7-13,20H2,1-6H3. The molecule has 0 bridgehead atoms. The number of thioether (sulfide) groups is 1. The van der Waals surface area contributed by atoms with Crippen molar-refractivity contribution in [2.75, 3.05) is 12.0 Å². The van der Waals surface area contributed by atoms with Gasteiger partial charge in [-0.3, -0.25) is 0 Å². The molecule has 6 nitrogen and oxygen atoms in total. The first-order valence-electron chi connectivity index (χ1n) is 9.93. The van der Waals surface area contributed by atoms with E-state index in [1.54, 1.807) is 0 Å². The SMILES string of the molecule is CSCCC(NC1CCCCC1N)c1nnnn1C(C)(C)CC(C)(C)C. The van der Waals surface area contributed by atoms with Crippen LogP contribution in [0.2, 0.25) is 0 Å². The summed E-state index contributed by atoms with van der Waals surface area (Å²) in [6.07, 6.45) is 8.91. The van der Waals surface area contributed by atoms with Gasteiger partial charge in [0.15, 0.2) is 5.82 Å². The Morgan fingerprint density at radius 3 is 2.54 bits per heavy atom. The lowest BCUT2D eigenvalue weighted by atomic mass is 9.81. The molecule has 7 heteroatoms. The fourth-order valence-corrected chi connectivity index (χ4v) is 4.83. The van der Waals surface area contributed by atoms with Gasteiger partial charge in [0.25, 0.3) is 0 Å². The van der Waals surface area contributed by atoms with Crippen LogP contribution in [0.15, 0.2) is 0 Å². The number of nitrogens with zero attached hydrogens (tertiary/aromatic N) is 4. The summed E-state index contributed by atoms with van der Waals surface area (Å²) in [4.78, 5) is 0. The third-order valence-corrected chi connectivity index (χ3v) is 5.83. The van der Waals surface area contributed by atoms with Gasteiger partial charge in [0.2, 0.25) is 0 Å². The molecule has 1 aliphatic carbocycles. The molecule has 1 fully saturated rings. The quantitative estimate of drug-likeness (QED) is 0.716. The average Bonchev–Trinajstić information content (AvgIpc) is 3.01. The average molecular weight is 383 g/mol. The Hall–Kier alpha value is -0.660. The van der Waals surface area contributed by atoms with Crippen LogP contribution in [-0.2, 0) is 5.54 Å². The fraction of sp³-hybridized carbons (Fsp3) is 0.947. The molecule has 3 atom stereocenters. The second-order valence-corrected chi connectivity index (χ2v) is 10.5. The Balaban J connectivity index is 2.24. The van der Waals surface area contributed by atoms with E-state index < -0.39 is 0 Å². The van der Waals surface area contributed by atoms with E-state index in [0.29, 0.717) is 6.04 Å². The van der Waals surface area contributed by atoms with E-state index in [4.69, 9.17) is 5.73 Å². The van der Waals surface area contributed by atoms with Crippen LogP contribution in [0.4, 0.5) is 0 Å². The molecule has 0 aromatic carbocycles. The van der Waals surface area contributed by atoms with Crippen LogP contribution >= 0.6 is 11.8 Å². The number of nitrogens with one attached hydrogen (secondary N) is 1. The van der Waals surface area contributed by atoms with Crippen molar-refractivity contribution in [2.45, 2.75) is 96.8 Å². The van der Waals surface area contributed by atoms with Crippen LogP contribution in [0.3, 0.4) is 0 Å². The predicted molar refractivity (Wildman–Crippen MR) is 110 cm³/mol. The van der Waals surface area contributed by atoms with Crippen LogP contribution < -0.4 is 11.1 Å². The zero-order valence-electron chi connectivity index (χ0n) is 17.5. The first kappa shape index (κ1) is 21.6. The van der Waals surface area contributed by atoms with Crippen molar-refractivity contribution >= 4 is 11.8 Å². The highest BCUT2D eigenvalue weighted by molar-refractivity contribution is 7.98. The van der Waals surface area contributed by atoms with Gasteiger partial charge in [0, 0.05) is 12.1 Å². The van der Waals surface area contributed by atoms with Crippen LogP contribution in [0, 0.1) is 5.41 Å². The summed E-state index contributed by atoms with van der Waals surface area (Å²) in [6, 6.07) is 0.727. The first-order chi connectivity index (χ1) is 12.1. The van der Waals surface area contributed by atoms with Crippen molar-refractivity contribution in [3.63, 3.8) is 0 Å². The van der Waals surface area contributed by atoms with Crippen LogP contribution in [-0.4, -0.2) is 44.3 Å². The Labute approximate surface area is 163 Å². The molecule has 1 saturated carbocycles. The lowest BCUT2D eigenvalue weighted by Crippen LogP contribution is -2.49. The molecule has 1 aliphatic rings. The van der Waals surface area contributed by atoms with Gasteiger partial charge in [-0.05, 0) is 67.4 Å². The summed E-state index contributed by atoms with van der Waals surface area (Å²) >= 11 is 1.86. The van der Waals surface area contributed by atoms with Crippen molar-refractivity contribution in [1.29, 1.82) is 0 Å². The van der Waals surface area contributed by atoms with E-state index in [1.165, 1.54) is 12.8 Å². The van der Waals surface area contributed by atoms with E-state index in [-0.39, 0.29) is 23.0 Å². The molecule has 150 valence electrons. The van der Waals surface area contributed by atoms with Gasteiger partial charge in [0.05, 0.1) is 11.6 Å². The number of aromatic nitrogens is 4. The highest BCUT2D eigenvalue weighted by atomic mass is 32.2. The van der Waals surface area contributed by atoms with Gasteiger partial charge in [-0.2, -0.15) is 11.8 Å². The summed E-state index contributed by atoms with van der Waals surface area (Å²) in [7, 11) is 0. The highest BCUT2D eigenvalue weighted by Gasteiger charge is 2.34. The number of tetrazole rings is 1. The Bertz CT molecular complexity index is 550. The fourth-order valence-electron chi connectivity index (χ4n) is 4.36. The molecule has 2 rings (SSSR count). The van der Waals surface area contributed by atoms with Gasteiger partial charge in [-0.1, -0.05) is 33.6 Å². The van der Waals surface area contributed by atoms with Crippen molar-refractivity contribution in [3.8, 4) is 0 Å². The maximum atomic E-state index is 6.39. The van der Waals surface area contributed by atoms with E-state index in [0.717, 1.165) is 37.3 Å². The molecule has 1 heterocycles. The lowest BCUT2D eigenvalue weighted by molar-refractivity contribution is 0.183. The molecule has 0 aliphatic heterocycles.